The fourth-order valence-corrected chi connectivity index (χ4v) is 1.54. The maximum Gasteiger partial charge on any atom is 0.114 e. The highest BCUT2D eigenvalue weighted by Gasteiger charge is 2.19. The van der Waals surface area contributed by atoms with Crippen LogP contribution in [0.1, 0.15) is 18.7 Å². The average molecular weight is 186 g/mol. The first kappa shape index (κ1) is 9.71. The molecule has 0 aliphatic heterocycles. The molecule has 1 heterocycles. The van der Waals surface area contributed by atoms with Gasteiger partial charge in [-0.1, -0.05) is 6.07 Å². The second-order valence-electron chi connectivity index (χ2n) is 3.63. The van der Waals surface area contributed by atoms with Gasteiger partial charge >= 0.3 is 0 Å². The topological polar surface area (TPSA) is 36.8 Å². The Bertz CT molecular complexity index is 218. The lowest BCUT2D eigenvalue weighted by Gasteiger charge is -2.19. The van der Waals surface area contributed by atoms with Crippen LogP contribution in [-0.4, -0.2) is 17.3 Å². The Balaban J connectivity index is 2.36. The van der Waals surface area contributed by atoms with Crippen molar-refractivity contribution in [1.82, 2.24) is 0 Å². The number of aliphatic hydroxyl groups is 1. The molecule has 0 spiro atoms. The van der Waals surface area contributed by atoms with Crippen LogP contribution in [-0.2, 0) is 6.54 Å². The van der Waals surface area contributed by atoms with Crippen LogP contribution in [0, 0.1) is 0 Å². The van der Waals surface area contributed by atoms with Gasteiger partial charge in [0.25, 0.3) is 0 Å². The molecule has 68 valence electrons. The highest BCUT2D eigenvalue weighted by Crippen LogP contribution is 2.06. The summed E-state index contributed by atoms with van der Waals surface area (Å²) in [5.74, 6) is 0. The molecule has 1 aromatic heterocycles. The van der Waals surface area contributed by atoms with E-state index in [1.807, 2.05) is 13.8 Å². The van der Waals surface area contributed by atoms with Crippen molar-refractivity contribution in [3.63, 3.8) is 0 Å². The van der Waals surface area contributed by atoms with E-state index < -0.39 is 0 Å². The van der Waals surface area contributed by atoms with Gasteiger partial charge in [-0.3, -0.25) is 0 Å². The summed E-state index contributed by atoms with van der Waals surface area (Å²) < 4.78 is 0. The summed E-state index contributed by atoms with van der Waals surface area (Å²) in [6.45, 7) is 5.27. The van der Waals surface area contributed by atoms with Crippen molar-refractivity contribution in [1.29, 1.82) is 0 Å². The number of aliphatic hydroxyl groups excluding tert-OH is 1. The predicted octanol–water partition coefficient (Wildman–Crippen LogP) is 0.582. The summed E-state index contributed by atoms with van der Waals surface area (Å²) in [6.07, 6.45) is 0. The van der Waals surface area contributed by atoms with E-state index in [2.05, 4.69) is 22.8 Å². The van der Waals surface area contributed by atoms with E-state index in [1.165, 1.54) is 4.88 Å². The van der Waals surface area contributed by atoms with Crippen molar-refractivity contribution in [2.45, 2.75) is 25.9 Å². The normalized spacial score (nSPS) is 11.9. The number of hydrogen-bond acceptors (Lipinski definition) is 2. The SMILES string of the molecule is CC(C)(CO)[NH2+]Cc1cccs1. The predicted molar refractivity (Wildman–Crippen MR) is 51.1 cm³/mol. The molecule has 0 bridgehead atoms. The third kappa shape index (κ3) is 2.93. The summed E-state index contributed by atoms with van der Waals surface area (Å²) in [5, 5.41) is 13.2. The van der Waals surface area contributed by atoms with Crippen LogP contribution in [0.2, 0.25) is 0 Å². The van der Waals surface area contributed by atoms with Crippen LogP contribution >= 0.6 is 11.3 Å². The van der Waals surface area contributed by atoms with Gasteiger partial charge in [0.05, 0.1) is 11.5 Å². The summed E-state index contributed by atoms with van der Waals surface area (Å²) in [6, 6.07) is 4.18. The third-order valence-corrected chi connectivity index (χ3v) is 2.74. The number of thiophene rings is 1. The third-order valence-electron chi connectivity index (χ3n) is 1.84. The van der Waals surface area contributed by atoms with Crippen LogP contribution in [0.4, 0.5) is 0 Å². The van der Waals surface area contributed by atoms with E-state index in [0.29, 0.717) is 0 Å². The Hall–Kier alpha value is -0.380. The van der Waals surface area contributed by atoms with E-state index >= 15 is 0 Å². The van der Waals surface area contributed by atoms with Gasteiger partial charge in [0, 0.05) is 0 Å². The number of hydrogen-bond donors (Lipinski definition) is 2. The van der Waals surface area contributed by atoms with Crippen molar-refractivity contribution in [2.24, 2.45) is 0 Å². The molecule has 0 fully saturated rings. The molecule has 0 amide bonds. The first-order chi connectivity index (χ1) is 5.64. The Kier molecular flexibility index (Phi) is 3.26. The van der Waals surface area contributed by atoms with Gasteiger partial charge in [0.2, 0.25) is 0 Å². The molecule has 0 aliphatic carbocycles. The summed E-state index contributed by atoms with van der Waals surface area (Å²) in [7, 11) is 0. The quantitative estimate of drug-likeness (QED) is 0.709. The molecule has 1 aromatic rings. The highest BCUT2D eigenvalue weighted by molar-refractivity contribution is 7.09. The Labute approximate surface area is 77.2 Å². The lowest BCUT2D eigenvalue weighted by molar-refractivity contribution is -0.736. The lowest BCUT2D eigenvalue weighted by Crippen LogP contribution is -2.94. The van der Waals surface area contributed by atoms with Gasteiger partial charge in [-0.15, -0.1) is 11.3 Å². The average Bonchev–Trinajstić information content (AvgIpc) is 2.53. The molecule has 0 radical (unpaired) electrons. The standard InChI is InChI=1S/C9H15NOS/c1-9(2,7-11)10-6-8-4-3-5-12-8/h3-5,10-11H,6-7H2,1-2H3/p+1. The largest absolute Gasteiger partial charge is 0.390 e. The van der Waals surface area contributed by atoms with Crippen molar-refractivity contribution in [3.8, 4) is 0 Å². The second kappa shape index (κ2) is 4.03. The minimum absolute atomic E-state index is 0.0516. The van der Waals surface area contributed by atoms with Crippen molar-refractivity contribution in [2.75, 3.05) is 6.61 Å². The van der Waals surface area contributed by atoms with Crippen LogP contribution in [0.15, 0.2) is 17.5 Å². The highest BCUT2D eigenvalue weighted by atomic mass is 32.1. The summed E-state index contributed by atoms with van der Waals surface area (Å²) in [5.41, 5.74) is -0.0516. The van der Waals surface area contributed by atoms with Gasteiger partial charge in [0.1, 0.15) is 12.1 Å². The fourth-order valence-electron chi connectivity index (χ4n) is 0.870. The molecular weight excluding hydrogens is 170 g/mol. The van der Waals surface area contributed by atoms with Crippen LogP contribution in [0.3, 0.4) is 0 Å². The van der Waals surface area contributed by atoms with Crippen LogP contribution in [0.25, 0.3) is 0 Å². The van der Waals surface area contributed by atoms with E-state index in [1.54, 1.807) is 11.3 Å². The number of rotatable bonds is 4. The molecule has 0 saturated carbocycles. The molecule has 0 atom stereocenters. The second-order valence-corrected chi connectivity index (χ2v) is 4.67. The first-order valence-corrected chi connectivity index (χ1v) is 5.00. The molecule has 3 N–H and O–H groups in total. The van der Waals surface area contributed by atoms with Crippen molar-refractivity contribution in [3.05, 3.63) is 22.4 Å². The van der Waals surface area contributed by atoms with E-state index in [0.717, 1.165) is 6.54 Å². The monoisotopic (exact) mass is 186 g/mol. The van der Waals surface area contributed by atoms with Gasteiger partial charge < -0.3 is 10.4 Å². The molecule has 2 nitrogen and oxygen atoms in total. The number of nitrogens with two attached hydrogens (primary N) is 1. The maximum absolute atomic E-state index is 8.99. The van der Waals surface area contributed by atoms with Crippen LogP contribution in [0.5, 0.6) is 0 Å². The molecular formula is C9H16NOS+. The van der Waals surface area contributed by atoms with Crippen molar-refractivity contribution >= 4 is 11.3 Å². The minimum Gasteiger partial charge on any atom is -0.390 e. The van der Waals surface area contributed by atoms with E-state index in [4.69, 9.17) is 5.11 Å². The molecule has 0 saturated heterocycles. The zero-order valence-electron chi connectivity index (χ0n) is 7.58. The van der Waals surface area contributed by atoms with Crippen LogP contribution < -0.4 is 5.32 Å². The summed E-state index contributed by atoms with van der Waals surface area (Å²) in [4.78, 5) is 1.36. The van der Waals surface area contributed by atoms with Gasteiger partial charge in [0.15, 0.2) is 0 Å². The van der Waals surface area contributed by atoms with E-state index in [-0.39, 0.29) is 12.1 Å². The Morgan fingerprint density at radius 2 is 2.33 bits per heavy atom. The smallest absolute Gasteiger partial charge is 0.114 e. The summed E-state index contributed by atoms with van der Waals surface area (Å²) >= 11 is 1.76. The lowest BCUT2D eigenvalue weighted by atomic mass is 10.1. The molecule has 0 unspecified atom stereocenters. The minimum atomic E-state index is -0.0516. The van der Waals surface area contributed by atoms with Gasteiger partial charge in [-0.2, -0.15) is 0 Å². The zero-order valence-corrected chi connectivity index (χ0v) is 8.40. The first-order valence-electron chi connectivity index (χ1n) is 4.12. The van der Waals surface area contributed by atoms with Gasteiger partial charge in [-0.05, 0) is 25.3 Å². The molecule has 1 rings (SSSR count). The van der Waals surface area contributed by atoms with Gasteiger partial charge in [-0.25, -0.2) is 0 Å². The Morgan fingerprint density at radius 1 is 1.58 bits per heavy atom. The fraction of sp³-hybridized carbons (Fsp3) is 0.556. The van der Waals surface area contributed by atoms with E-state index in [9.17, 15) is 0 Å². The molecule has 0 aromatic carbocycles. The molecule has 3 heteroatoms. The van der Waals surface area contributed by atoms with Crippen molar-refractivity contribution < 1.29 is 10.4 Å². The number of quaternary nitrogens is 1. The molecule has 12 heavy (non-hydrogen) atoms. The maximum atomic E-state index is 8.99. The Morgan fingerprint density at radius 3 is 2.83 bits per heavy atom. The molecule has 0 aliphatic rings. The zero-order chi connectivity index (χ0) is 9.03.